The Kier molecular flexibility index (Phi) is 6.16. The summed E-state index contributed by atoms with van der Waals surface area (Å²) in [7, 11) is 0. The molecule has 0 aromatic rings. The number of ether oxygens (including phenoxy) is 2. The Morgan fingerprint density at radius 1 is 1.36 bits per heavy atom. The highest BCUT2D eigenvalue weighted by atomic mass is 16.5. The number of hydrogen-bond acceptors (Lipinski definition) is 5. The van der Waals surface area contributed by atoms with Crippen molar-refractivity contribution in [2.24, 2.45) is 17.8 Å². The second-order valence-corrected chi connectivity index (χ2v) is 9.23. The van der Waals surface area contributed by atoms with E-state index >= 15 is 0 Å². The van der Waals surface area contributed by atoms with Crippen molar-refractivity contribution in [1.82, 2.24) is 0 Å². The van der Waals surface area contributed by atoms with E-state index in [1.807, 2.05) is 20.8 Å². The quantitative estimate of drug-likeness (QED) is 0.574. The third-order valence-electron chi connectivity index (χ3n) is 6.77. The van der Waals surface area contributed by atoms with Crippen LogP contribution in [0.25, 0.3) is 0 Å². The minimum atomic E-state index is -0.708. The van der Waals surface area contributed by atoms with E-state index in [4.69, 9.17) is 9.47 Å². The SMILES string of the molecule is C=C1C[C@@H]2OC(=O)[C@H](CC[C@]3(C)C[C@H](C)[C@@H](O3)[C@H](O)/C=C/1C)C(=O)[C@@H]2CCC. The van der Waals surface area contributed by atoms with Crippen molar-refractivity contribution < 1.29 is 24.2 Å². The lowest BCUT2D eigenvalue weighted by atomic mass is 9.77. The summed E-state index contributed by atoms with van der Waals surface area (Å²) in [5.74, 6) is -1.19. The number of carbonyl (C=O) groups is 2. The van der Waals surface area contributed by atoms with Crippen LogP contribution in [0.4, 0.5) is 0 Å². The van der Waals surface area contributed by atoms with Crippen molar-refractivity contribution in [1.29, 1.82) is 0 Å². The topological polar surface area (TPSA) is 72.8 Å². The summed E-state index contributed by atoms with van der Waals surface area (Å²) in [5, 5.41) is 10.7. The molecular weight excluding hydrogens is 356 g/mol. The van der Waals surface area contributed by atoms with E-state index in [0.29, 0.717) is 25.7 Å². The van der Waals surface area contributed by atoms with Crippen LogP contribution in [0.15, 0.2) is 23.8 Å². The maximum Gasteiger partial charge on any atom is 0.316 e. The van der Waals surface area contributed by atoms with Crippen LogP contribution in [-0.4, -0.2) is 40.8 Å². The molecule has 2 fully saturated rings. The molecule has 1 N–H and O–H groups in total. The first-order chi connectivity index (χ1) is 13.1. The summed E-state index contributed by atoms with van der Waals surface area (Å²) < 4.78 is 12.0. The Bertz CT molecular complexity index is 680. The number of fused-ring (bicyclic) bond motifs is 6. The molecule has 28 heavy (non-hydrogen) atoms. The third kappa shape index (κ3) is 4.11. The lowest BCUT2D eigenvalue weighted by Crippen LogP contribution is -2.47. The molecule has 0 amide bonds. The van der Waals surface area contributed by atoms with Crippen molar-refractivity contribution >= 4 is 11.8 Å². The molecule has 0 spiro atoms. The lowest BCUT2D eigenvalue weighted by molar-refractivity contribution is -0.172. The fourth-order valence-corrected chi connectivity index (χ4v) is 5.13. The van der Waals surface area contributed by atoms with E-state index in [0.717, 1.165) is 24.0 Å². The molecule has 0 saturated carbocycles. The molecular formula is C23H34O5. The minimum absolute atomic E-state index is 0.0147. The summed E-state index contributed by atoms with van der Waals surface area (Å²) in [5.41, 5.74) is 1.19. The van der Waals surface area contributed by atoms with E-state index in [9.17, 15) is 14.7 Å². The normalized spacial score (nSPS) is 44.0. The Morgan fingerprint density at radius 2 is 2.07 bits per heavy atom. The number of allylic oxidation sites excluding steroid dienone is 1. The molecule has 4 aliphatic heterocycles. The Morgan fingerprint density at radius 3 is 2.75 bits per heavy atom. The fraction of sp³-hybridized carbons (Fsp3) is 0.739. The molecule has 156 valence electrons. The lowest BCUT2D eigenvalue weighted by Gasteiger charge is -2.36. The zero-order valence-corrected chi connectivity index (χ0v) is 17.6. The Balaban J connectivity index is 1.97. The van der Waals surface area contributed by atoms with Crippen molar-refractivity contribution in [3.05, 3.63) is 23.8 Å². The molecule has 4 heterocycles. The molecule has 4 rings (SSSR count). The average molecular weight is 391 g/mol. The first-order valence-corrected chi connectivity index (χ1v) is 10.6. The van der Waals surface area contributed by atoms with Gasteiger partial charge in [-0.3, -0.25) is 9.59 Å². The predicted octanol–water partition coefficient (Wildman–Crippen LogP) is 3.74. The minimum Gasteiger partial charge on any atom is -0.461 e. The van der Waals surface area contributed by atoms with Gasteiger partial charge >= 0.3 is 5.97 Å². The molecule has 0 radical (unpaired) electrons. The largest absolute Gasteiger partial charge is 0.461 e. The monoisotopic (exact) mass is 390 g/mol. The summed E-state index contributed by atoms with van der Waals surface area (Å²) in [6, 6.07) is 0. The maximum absolute atomic E-state index is 13.2. The first-order valence-electron chi connectivity index (χ1n) is 10.6. The van der Waals surface area contributed by atoms with Crippen LogP contribution < -0.4 is 0 Å². The van der Waals surface area contributed by atoms with Gasteiger partial charge in [-0.2, -0.15) is 0 Å². The second kappa shape index (κ2) is 8.11. The molecule has 0 aromatic heterocycles. The molecule has 0 aliphatic carbocycles. The van der Waals surface area contributed by atoms with Crippen molar-refractivity contribution in [3.8, 4) is 0 Å². The van der Waals surface area contributed by atoms with Gasteiger partial charge in [0, 0.05) is 6.42 Å². The number of Topliss-reactive ketones (excluding diaryl/α,β-unsaturated/α-hetero) is 1. The van der Waals surface area contributed by atoms with E-state index in [-0.39, 0.29) is 23.7 Å². The van der Waals surface area contributed by atoms with E-state index < -0.39 is 29.7 Å². The van der Waals surface area contributed by atoms with E-state index in [2.05, 4.69) is 13.5 Å². The molecule has 5 nitrogen and oxygen atoms in total. The van der Waals surface area contributed by atoms with Gasteiger partial charge in [-0.05, 0) is 56.6 Å². The van der Waals surface area contributed by atoms with Gasteiger partial charge in [0.15, 0.2) is 5.78 Å². The van der Waals surface area contributed by atoms with Crippen LogP contribution in [-0.2, 0) is 19.1 Å². The number of ketones is 1. The second-order valence-electron chi connectivity index (χ2n) is 9.23. The molecule has 2 saturated heterocycles. The molecule has 7 atom stereocenters. The molecule has 4 aliphatic rings. The van der Waals surface area contributed by atoms with E-state index in [1.54, 1.807) is 6.08 Å². The number of esters is 1. The summed E-state index contributed by atoms with van der Waals surface area (Å²) in [6.45, 7) is 12.2. The van der Waals surface area contributed by atoms with Crippen LogP contribution in [0.5, 0.6) is 0 Å². The van der Waals surface area contributed by atoms with E-state index in [1.165, 1.54) is 0 Å². The van der Waals surface area contributed by atoms with Gasteiger partial charge in [0.2, 0.25) is 0 Å². The van der Waals surface area contributed by atoms with Gasteiger partial charge in [0.25, 0.3) is 0 Å². The first kappa shape index (κ1) is 21.3. The van der Waals surface area contributed by atoms with Gasteiger partial charge in [-0.15, -0.1) is 0 Å². The standard InChI is InChI=1S/C23H34O5/c1-6-7-16-19-11-14(3)13(2)10-18(24)21-15(4)12-23(5,28-21)9-8-17(20(16)25)22(26)27-19/h10,15-19,21,24H,3,6-9,11-12H2,1-2,4-5H3/b13-10+/t15-,16+,17+,18+,19-,21+,23+/m0/s1. The highest BCUT2D eigenvalue weighted by molar-refractivity contribution is 6.02. The highest BCUT2D eigenvalue weighted by Crippen LogP contribution is 2.42. The van der Waals surface area contributed by atoms with Gasteiger partial charge in [-0.25, -0.2) is 0 Å². The van der Waals surface area contributed by atoms with Crippen molar-refractivity contribution in [3.63, 3.8) is 0 Å². The summed E-state index contributed by atoms with van der Waals surface area (Å²) >= 11 is 0. The Labute approximate surface area is 168 Å². The van der Waals surface area contributed by atoms with Gasteiger partial charge in [-0.1, -0.05) is 32.9 Å². The molecule has 5 heteroatoms. The van der Waals surface area contributed by atoms with Crippen molar-refractivity contribution in [2.75, 3.05) is 0 Å². The van der Waals surface area contributed by atoms with Gasteiger partial charge in [0.1, 0.15) is 12.0 Å². The van der Waals surface area contributed by atoms with Crippen LogP contribution in [0, 0.1) is 17.8 Å². The van der Waals surface area contributed by atoms with Crippen LogP contribution >= 0.6 is 0 Å². The number of rotatable bonds is 2. The number of aliphatic hydroxyl groups excluding tert-OH is 1. The van der Waals surface area contributed by atoms with Crippen molar-refractivity contribution in [2.45, 2.75) is 90.1 Å². The number of aliphatic hydroxyl groups is 1. The average Bonchev–Trinajstić information content (AvgIpc) is 2.92. The zero-order valence-electron chi connectivity index (χ0n) is 17.6. The van der Waals surface area contributed by atoms with Crippen LogP contribution in [0.1, 0.15) is 66.2 Å². The third-order valence-corrected chi connectivity index (χ3v) is 6.77. The smallest absolute Gasteiger partial charge is 0.316 e. The summed E-state index contributed by atoms with van der Waals surface area (Å²) in [4.78, 5) is 25.8. The molecule has 4 bridgehead atoms. The molecule has 0 unspecified atom stereocenters. The number of hydrogen-bond donors (Lipinski definition) is 1. The highest BCUT2D eigenvalue weighted by Gasteiger charge is 2.48. The molecule has 0 aromatic carbocycles. The Hall–Kier alpha value is -1.46. The van der Waals surface area contributed by atoms with Crippen LogP contribution in [0.2, 0.25) is 0 Å². The van der Waals surface area contributed by atoms with Gasteiger partial charge < -0.3 is 14.6 Å². The van der Waals surface area contributed by atoms with Crippen LogP contribution in [0.3, 0.4) is 0 Å². The zero-order chi connectivity index (χ0) is 20.6. The van der Waals surface area contributed by atoms with Gasteiger partial charge in [0.05, 0.1) is 23.7 Å². The fourth-order valence-electron chi connectivity index (χ4n) is 5.13. The number of carbonyl (C=O) groups excluding carboxylic acids is 2. The predicted molar refractivity (Wildman–Crippen MR) is 107 cm³/mol. The maximum atomic E-state index is 13.2. The summed E-state index contributed by atoms with van der Waals surface area (Å²) in [6.07, 6.45) is 4.16.